The fourth-order valence-electron chi connectivity index (χ4n) is 0.778. The lowest BCUT2D eigenvalue weighted by Gasteiger charge is -2.09. The zero-order valence-corrected chi connectivity index (χ0v) is 7.01. The van der Waals surface area contributed by atoms with Crippen LogP contribution in [0.15, 0.2) is 18.2 Å². The van der Waals surface area contributed by atoms with Crippen LogP contribution in [-0.4, -0.2) is 17.9 Å². The number of ether oxygens (including phenoxy) is 1. The Hall–Kier alpha value is -1.59. The molecule has 0 spiro atoms. The zero-order valence-electron chi connectivity index (χ0n) is 7.01. The third-order valence-electron chi connectivity index (χ3n) is 1.40. The van der Waals surface area contributed by atoms with E-state index in [0.29, 0.717) is 0 Å². The number of phenolic OH excluding ortho intramolecular Hbond substituents is 1. The largest absolute Gasteiger partial charge is 0.506 e. The van der Waals surface area contributed by atoms with Crippen molar-refractivity contribution in [2.45, 2.75) is 6.18 Å². The molecular weight excluding hydrogens is 199 g/mol. The summed E-state index contributed by atoms with van der Waals surface area (Å²) in [7, 11) is 0. The molecule has 0 fully saturated rings. The summed E-state index contributed by atoms with van der Waals surface area (Å²) < 4.78 is 39.5. The average Bonchev–Trinajstić information content (AvgIpc) is 2.06. The topological polar surface area (TPSA) is 55.5 Å². The van der Waals surface area contributed by atoms with E-state index < -0.39 is 12.8 Å². The molecule has 0 saturated heterocycles. The van der Waals surface area contributed by atoms with Gasteiger partial charge in [-0.15, -0.1) is 0 Å². The highest BCUT2D eigenvalue weighted by molar-refractivity contribution is 5.54. The Morgan fingerprint density at radius 2 is 2.00 bits per heavy atom. The van der Waals surface area contributed by atoms with E-state index in [9.17, 15) is 13.2 Å². The Bertz CT molecular complexity index is 325. The average molecular weight is 207 g/mol. The van der Waals surface area contributed by atoms with Gasteiger partial charge in [-0.1, -0.05) is 0 Å². The highest BCUT2D eigenvalue weighted by Crippen LogP contribution is 2.26. The first-order valence-electron chi connectivity index (χ1n) is 3.66. The van der Waals surface area contributed by atoms with E-state index in [1.54, 1.807) is 0 Å². The standard InChI is InChI=1S/C8H8F3NO2/c9-8(10,11)4-14-5-1-2-6(12)7(13)3-5/h1-3,13H,4,12H2. The fraction of sp³-hybridized carbons (Fsp3) is 0.250. The number of benzene rings is 1. The number of anilines is 1. The van der Waals surface area contributed by atoms with Crippen molar-refractivity contribution in [1.82, 2.24) is 0 Å². The molecule has 1 rings (SSSR count). The lowest BCUT2D eigenvalue weighted by Crippen LogP contribution is -2.19. The molecule has 3 N–H and O–H groups in total. The lowest BCUT2D eigenvalue weighted by atomic mass is 10.3. The first-order chi connectivity index (χ1) is 6.38. The maximum absolute atomic E-state index is 11.7. The van der Waals surface area contributed by atoms with E-state index in [2.05, 4.69) is 4.74 Å². The van der Waals surface area contributed by atoms with Crippen LogP contribution in [0.2, 0.25) is 0 Å². The van der Waals surface area contributed by atoms with Crippen LogP contribution in [0.25, 0.3) is 0 Å². The van der Waals surface area contributed by atoms with Crippen LogP contribution in [0.3, 0.4) is 0 Å². The molecule has 0 aliphatic heterocycles. The number of nitrogens with two attached hydrogens (primary N) is 1. The predicted molar refractivity (Wildman–Crippen MR) is 44.1 cm³/mol. The highest BCUT2D eigenvalue weighted by Gasteiger charge is 2.28. The summed E-state index contributed by atoms with van der Waals surface area (Å²) in [6.45, 7) is -1.39. The first kappa shape index (κ1) is 10.5. The van der Waals surface area contributed by atoms with Crippen molar-refractivity contribution in [3.63, 3.8) is 0 Å². The molecule has 0 heterocycles. The number of hydrogen-bond donors (Lipinski definition) is 2. The van der Waals surface area contributed by atoms with Gasteiger partial charge in [0.1, 0.15) is 11.5 Å². The second-order valence-electron chi connectivity index (χ2n) is 2.62. The van der Waals surface area contributed by atoms with Crippen molar-refractivity contribution in [3.8, 4) is 11.5 Å². The second kappa shape index (κ2) is 3.65. The maximum Gasteiger partial charge on any atom is 0.422 e. The Kier molecular flexibility index (Phi) is 2.73. The summed E-state index contributed by atoms with van der Waals surface area (Å²) in [6.07, 6.45) is -4.39. The van der Waals surface area contributed by atoms with E-state index in [1.807, 2.05) is 0 Å². The minimum atomic E-state index is -4.39. The molecule has 0 radical (unpaired) electrons. The minimum Gasteiger partial charge on any atom is -0.506 e. The number of hydrogen-bond acceptors (Lipinski definition) is 3. The predicted octanol–water partition coefficient (Wildman–Crippen LogP) is 1.92. The van der Waals surface area contributed by atoms with Crippen molar-refractivity contribution in [1.29, 1.82) is 0 Å². The Labute approximate surface area is 77.9 Å². The molecule has 14 heavy (non-hydrogen) atoms. The third-order valence-corrected chi connectivity index (χ3v) is 1.40. The maximum atomic E-state index is 11.7. The van der Waals surface area contributed by atoms with Gasteiger partial charge in [0, 0.05) is 6.07 Å². The Morgan fingerprint density at radius 3 is 2.50 bits per heavy atom. The van der Waals surface area contributed by atoms with Crippen molar-refractivity contribution < 1.29 is 23.0 Å². The number of aromatic hydroxyl groups is 1. The molecule has 3 nitrogen and oxygen atoms in total. The van der Waals surface area contributed by atoms with E-state index in [1.165, 1.54) is 12.1 Å². The van der Waals surface area contributed by atoms with Gasteiger partial charge in [0.15, 0.2) is 6.61 Å². The van der Waals surface area contributed by atoms with Crippen molar-refractivity contribution in [2.24, 2.45) is 0 Å². The SMILES string of the molecule is Nc1ccc(OCC(F)(F)F)cc1O. The van der Waals surface area contributed by atoms with Gasteiger partial charge in [-0.3, -0.25) is 0 Å². The van der Waals surface area contributed by atoms with E-state index >= 15 is 0 Å². The van der Waals surface area contributed by atoms with Crippen LogP contribution in [0, 0.1) is 0 Å². The van der Waals surface area contributed by atoms with Gasteiger partial charge in [0.25, 0.3) is 0 Å². The molecule has 0 aliphatic rings. The number of halogens is 3. The molecule has 78 valence electrons. The minimum absolute atomic E-state index is 0.0750. The normalized spacial score (nSPS) is 11.4. The summed E-state index contributed by atoms with van der Waals surface area (Å²) in [6, 6.07) is 3.54. The third kappa shape index (κ3) is 3.04. The van der Waals surface area contributed by atoms with Gasteiger partial charge < -0.3 is 15.6 Å². The van der Waals surface area contributed by atoms with Crippen molar-refractivity contribution in [2.75, 3.05) is 12.3 Å². The molecule has 0 aromatic heterocycles. The van der Waals surface area contributed by atoms with Gasteiger partial charge in [-0.2, -0.15) is 13.2 Å². The zero-order chi connectivity index (χ0) is 10.8. The number of alkyl halides is 3. The smallest absolute Gasteiger partial charge is 0.422 e. The molecule has 6 heteroatoms. The number of rotatable bonds is 2. The van der Waals surface area contributed by atoms with Crippen LogP contribution in [0.4, 0.5) is 18.9 Å². The van der Waals surface area contributed by atoms with Gasteiger partial charge in [-0.25, -0.2) is 0 Å². The molecule has 1 aromatic carbocycles. The van der Waals surface area contributed by atoms with Crippen molar-refractivity contribution >= 4 is 5.69 Å². The number of nitrogen functional groups attached to an aromatic ring is 1. The van der Waals surface area contributed by atoms with Crippen molar-refractivity contribution in [3.05, 3.63) is 18.2 Å². The molecular formula is C8H8F3NO2. The quantitative estimate of drug-likeness (QED) is 0.575. The van der Waals surface area contributed by atoms with Crippen LogP contribution >= 0.6 is 0 Å². The summed E-state index contributed by atoms with van der Waals surface area (Å²) in [5, 5.41) is 9.04. The van der Waals surface area contributed by atoms with E-state index in [-0.39, 0.29) is 17.2 Å². The molecule has 0 bridgehead atoms. The Morgan fingerprint density at radius 1 is 1.36 bits per heavy atom. The van der Waals surface area contributed by atoms with Gasteiger partial charge in [0.05, 0.1) is 5.69 Å². The summed E-state index contributed by atoms with van der Waals surface area (Å²) in [5.41, 5.74) is 5.33. The summed E-state index contributed by atoms with van der Waals surface area (Å²) in [4.78, 5) is 0. The van der Waals surface area contributed by atoms with E-state index in [0.717, 1.165) is 6.07 Å². The molecule has 0 saturated carbocycles. The van der Waals surface area contributed by atoms with Gasteiger partial charge in [0.2, 0.25) is 0 Å². The van der Waals surface area contributed by atoms with E-state index in [4.69, 9.17) is 10.8 Å². The Balaban J connectivity index is 2.65. The second-order valence-corrected chi connectivity index (χ2v) is 2.62. The molecule has 0 atom stereocenters. The monoisotopic (exact) mass is 207 g/mol. The first-order valence-corrected chi connectivity index (χ1v) is 3.66. The summed E-state index contributed by atoms with van der Waals surface area (Å²) in [5.74, 6) is -0.376. The van der Waals surface area contributed by atoms with Gasteiger partial charge in [-0.05, 0) is 12.1 Å². The fourth-order valence-corrected chi connectivity index (χ4v) is 0.778. The number of phenols is 1. The molecule has 0 amide bonds. The lowest BCUT2D eigenvalue weighted by molar-refractivity contribution is -0.153. The van der Waals surface area contributed by atoms with Gasteiger partial charge >= 0.3 is 6.18 Å². The molecule has 1 aromatic rings. The van der Waals surface area contributed by atoms with Crippen LogP contribution < -0.4 is 10.5 Å². The van der Waals surface area contributed by atoms with Crippen LogP contribution in [0.1, 0.15) is 0 Å². The molecule has 0 unspecified atom stereocenters. The summed E-state index contributed by atoms with van der Waals surface area (Å²) >= 11 is 0. The highest BCUT2D eigenvalue weighted by atomic mass is 19.4. The molecule has 0 aliphatic carbocycles. The van der Waals surface area contributed by atoms with Crippen LogP contribution in [-0.2, 0) is 0 Å². The van der Waals surface area contributed by atoms with Crippen LogP contribution in [0.5, 0.6) is 11.5 Å².